The predicted molar refractivity (Wildman–Crippen MR) is 76.6 cm³/mol. The van der Waals surface area contributed by atoms with Gasteiger partial charge in [-0.25, -0.2) is 0 Å². The number of hydrogen-bond acceptors (Lipinski definition) is 3. The first kappa shape index (κ1) is 14.8. The van der Waals surface area contributed by atoms with Crippen molar-refractivity contribution in [2.45, 2.75) is 13.5 Å². The summed E-state index contributed by atoms with van der Waals surface area (Å²) in [5.74, 6) is -0.262. The van der Waals surface area contributed by atoms with Crippen LogP contribution < -0.4 is 15.8 Å². The summed E-state index contributed by atoms with van der Waals surface area (Å²) in [4.78, 5) is 12.1. The Morgan fingerprint density at radius 2 is 1.86 bits per heavy atom. The van der Waals surface area contributed by atoms with Gasteiger partial charge in [0.25, 0.3) is 5.91 Å². The van der Waals surface area contributed by atoms with Crippen LogP contribution in [-0.4, -0.2) is 12.5 Å². The van der Waals surface area contributed by atoms with Gasteiger partial charge in [-0.05, 0) is 55.0 Å². The Bertz CT molecular complexity index is 643. The van der Waals surface area contributed by atoms with Gasteiger partial charge in [-0.2, -0.15) is 8.78 Å². The van der Waals surface area contributed by atoms with Gasteiger partial charge in [0.2, 0.25) is 0 Å². The van der Waals surface area contributed by atoms with Gasteiger partial charge >= 0.3 is 6.61 Å². The molecule has 0 saturated carbocycles. The number of rotatable bonds is 4. The summed E-state index contributed by atoms with van der Waals surface area (Å²) in [6, 6.07) is 10.7. The molecule has 6 heteroatoms. The summed E-state index contributed by atoms with van der Waals surface area (Å²) in [6.07, 6.45) is 0. The molecule has 0 saturated heterocycles. The van der Waals surface area contributed by atoms with E-state index in [0.29, 0.717) is 16.9 Å². The van der Waals surface area contributed by atoms with E-state index >= 15 is 0 Å². The average molecular weight is 292 g/mol. The first-order valence-corrected chi connectivity index (χ1v) is 6.18. The molecule has 0 fully saturated rings. The lowest BCUT2D eigenvalue weighted by molar-refractivity contribution is -0.0498. The van der Waals surface area contributed by atoms with E-state index in [4.69, 9.17) is 5.73 Å². The smallest absolute Gasteiger partial charge is 0.387 e. The fraction of sp³-hybridized carbons (Fsp3) is 0.133. The molecule has 21 heavy (non-hydrogen) atoms. The molecular weight excluding hydrogens is 278 g/mol. The zero-order valence-electron chi connectivity index (χ0n) is 11.3. The minimum Gasteiger partial charge on any atom is -0.435 e. The highest BCUT2D eigenvalue weighted by molar-refractivity contribution is 6.05. The molecule has 0 unspecified atom stereocenters. The summed E-state index contributed by atoms with van der Waals surface area (Å²) in [7, 11) is 0. The summed E-state index contributed by atoms with van der Waals surface area (Å²) < 4.78 is 28.3. The van der Waals surface area contributed by atoms with E-state index in [1.165, 1.54) is 24.3 Å². The Morgan fingerprint density at radius 3 is 2.43 bits per heavy atom. The number of nitrogen functional groups attached to an aromatic ring is 1. The first-order chi connectivity index (χ1) is 9.95. The lowest BCUT2D eigenvalue weighted by Crippen LogP contribution is -2.13. The Morgan fingerprint density at radius 1 is 1.19 bits per heavy atom. The molecule has 1 amide bonds. The predicted octanol–water partition coefficient (Wildman–Crippen LogP) is 3.43. The highest BCUT2D eigenvalue weighted by atomic mass is 19.3. The third-order valence-electron chi connectivity index (χ3n) is 2.83. The molecule has 0 bridgehead atoms. The molecule has 0 aliphatic rings. The van der Waals surface area contributed by atoms with Crippen LogP contribution in [0.5, 0.6) is 5.75 Å². The number of nitrogens with one attached hydrogen (secondary N) is 1. The lowest BCUT2D eigenvalue weighted by atomic mass is 10.1. The first-order valence-electron chi connectivity index (χ1n) is 6.18. The number of carbonyl (C=O) groups is 1. The van der Waals surface area contributed by atoms with E-state index in [9.17, 15) is 13.6 Å². The summed E-state index contributed by atoms with van der Waals surface area (Å²) in [5, 5.41) is 2.68. The van der Waals surface area contributed by atoms with E-state index in [2.05, 4.69) is 10.1 Å². The number of halogens is 2. The number of nitrogens with two attached hydrogens (primary N) is 1. The molecule has 3 N–H and O–H groups in total. The quantitative estimate of drug-likeness (QED) is 0.848. The second-order valence-corrected chi connectivity index (χ2v) is 4.43. The van der Waals surface area contributed by atoms with Crippen molar-refractivity contribution in [3.8, 4) is 5.75 Å². The molecule has 2 aromatic carbocycles. The van der Waals surface area contributed by atoms with Crippen molar-refractivity contribution in [1.82, 2.24) is 0 Å². The zero-order chi connectivity index (χ0) is 15.4. The van der Waals surface area contributed by atoms with Crippen molar-refractivity contribution < 1.29 is 18.3 Å². The van der Waals surface area contributed by atoms with Gasteiger partial charge < -0.3 is 15.8 Å². The van der Waals surface area contributed by atoms with Crippen LogP contribution in [0.4, 0.5) is 20.2 Å². The average Bonchev–Trinajstić information content (AvgIpc) is 2.40. The van der Waals surface area contributed by atoms with Crippen molar-refractivity contribution in [3.05, 3.63) is 53.6 Å². The van der Waals surface area contributed by atoms with E-state index in [1.807, 2.05) is 0 Å². The lowest BCUT2D eigenvalue weighted by Gasteiger charge is -2.09. The van der Waals surface area contributed by atoms with E-state index in [1.54, 1.807) is 25.1 Å². The highest BCUT2D eigenvalue weighted by Gasteiger charge is 2.10. The number of hydrogen-bond donors (Lipinski definition) is 2. The van der Waals surface area contributed by atoms with Crippen molar-refractivity contribution in [1.29, 1.82) is 0 Å². The summed E-state index contributed by atoms with van der Waals surface area (Å²) >= 11 is 0. The van der Waals surface area contributed by atoms with Crippen LogP contribution in [0.3, 0.4) is 0 Å². The normalized spacial score (nSPS) is 10.5. The van der Waals surface area contributed by atoms with Gasteiger partial charge in [-0.15, -0.1) is 0 Å². The number of aryl methyl sites for hydroxylation is 1. The SMILES string of the molecule is Cc1cc(N)ccc1C(=O)Nc1ccc(OC(F)F)cc1. The molecule has 2 aromatic rings. The van der Waals surface area contributed by atoms with E-state index in [-0.39, 0.29) is 11.7 Å². The minimum absolute atomic E-state index is 0.0339. The number of benzene rings is 2. The molecule has 2 rings (SSSR count). The van der Waals surface area contributed by atoms with Crippen LogP contribution in [-0.2, 0) is 0 Å². The molecule has 0 spiro atoms. The maximum absolute atomic E-state index is 12.1. The van der Waals surface area contributed by atoms with Gasteiger partial charge in [0, 0.05) is 16.9 Å². The minimum atomic E-state index is -2.87. The van der Waals surface area contributed by atoms with E-state index < -0.39 is 6.61 Å². The second kappa shape index (κ2) is 6.21. The third kappa shape index (κ3) is 3.92. The number of amides is 1. The van der Waals surface area contributed by atoms with Crippen molar-refractivity contribution in [2.75, 3.05) is 11.1 Å². The molecule has 4 nitrogen and oxygen atoms in total. The van der Waals surface area contributed by atoms with Crippen LogP contribution >= 0.6 is 0 Å². The number of carbonyl (C=O) groups excluding carboxylic acids is 1. The molecule has 110 valence electrons. The standard InChI is InChI=1S/C15H14F2N2O2/c1-9-8-10(18)2-7-13(9)14(20)19-11-3-5-12(6-4-11)21-15(16)17/h2-8,15H,18H2,1H3,(H,19,20). The van der Waals surface area contributed by atoms with Crippen LogP contribution in [0.1, 0.15) is 15.9 Å². The van der Waals surface area contributed by atoms with Gasteiger partial charge in [0.1, 0.15) is 5.75 Å². The van der Waals surface area contributed by atoms with E-state index in [0.717, 1.165) is 5.56 Å². The number of alkyl halides is 2. The Kier molecular flexibility index (Phi) is 4.37. The van der Waals surface area contributed by atoms with Crippen molar-refractivity contribution >= 4 is 17.3 Å². The maximum atomic E-state index is 12.1. The second-order valence-electron chi connectivity index (χ2n) is 4.43. The van der Waals surface area contributed by atoms with Gasteiger partial charge in [-0.1, -0.05) is 0 Å². The van der Waals surface area contributed by atoms with Crippen molar-refractivity contribution in [3.63, 3.8) is 0 Å². The topological polar surface area (TPSA) is 64.4 Å². The molecular formula is C15H14F2N2O2. The Balaban J connectivity index is 2.08. The monoisotopic (exact) mass is 292 g/mol. The molecule has 0 radical (unpaired) electrons. The fourth-order valence-electron chi connectivity index (χ4n) is 1.86. The summed E-state index contributed by atoms with van der Waals surface area (Å²) in [5.41, 5.74) is 7.95. The van der Waals surface area contributed by atoms with Crippen LogP contribution in [0, 0.1) is 6.92 Å². The van der Waals surface area contributed by atoms with Crippen LogP contribution in [0.2, 0.25) is 0 Å². The highest BCUT2D eigenvalue weighted by Crippen LogP contribution is 2.19. The van der Waals surface area contributed by atoms with Crippen molar-refractivity contribution in [2.24, 2.45) is 0 Å². The Hall–Kier alpha value is -2.63. The van der Waals surface area contributed by atoms with Crippen LogP contribution in [0.15, 0.2) is 42.5 Å². The third-order valence-corrected chi connectivity index (χ3v) is 2.83. The molecule has 0 aromatic heterocycles. The molecule has 0 aliphatic carbocycles. The van der Waals surface area contributed by atoms with Gasteiger partial charge in [0.05, 0.1) is 0 Å². The zero-order valence-corrected chi connectivity index (χ0v) is 11.3. The fourth-order valence-corrected chi connectivity index (χ4v) is 1.86. The molecule has 0 aliphatic heterocycles. The van der Waals surface area contributed by atoms with Gasteiger partial charge in [0.15, 0.2) is 0 Å². The molecule has 0 atom stereocenters. The Labute approximate surface area is 120 Å². The largest absolute Gasteiger partial charge is 0.435 e. The number of anilines is 2. The van der Waals surface area contributed by atoms with Gasteiger partial charge in [-0.3, -0.25) is 4.79 Å². The van der Waals surface area contributed by atoms with Crippen LogP contribution in [0.25, 0.3) is 0 Å². The summed E-state index contributed by atoms with van der Waals surface area (Å²) in [6.45, 7) is -1.09. The maximum Gasteiger partial charge on any atom is 0.387 e. The molecule has 0 heterocycles. The number of ether oxygens (including phenoxy) is 1.